The SMILES string of the molecule is CCOP(=S)(OCC(F)(F)F)Oc1cc(O)nc(C(C)C)n1. The fraction of sp³-hybridized carbons (Fsp3) is 0.636. The molecule has 1 atom stereocenters. The normalized spacial score (nSPS) is 14.9. The van der Waals surface area contributed by atoms with Crippen LogP contribution in [0.5, 0.6) is 11.8 Å². The molecule has 1 unspecified atom stereocenters. The lowest BCUT2D eigenvalue weighted by Crippen LogP contribution is -2.18. The van der Waals surface area contributed by atoms with E-state index in [2.05, 4.69) is 14.5 Å². The van der Waals surface area contributed by atoms with E-state index in [1.165, 1.54) is 0 Å². The number of rotatable bonds is 7. The molecule has 6 nitrogen and oxygen atoms in total. The molecular formula is C11H16F3N2O4PS. The van der Waals surface area contributed by atoms with Crippen molar-refractivity contribution in [2.75, 3.05) is 13.2 Å². The molecule has 0 aromatic carbocycles. The van der Waals surface area contributed by atoms with Gasteiger partial charge in [-0.05, 0) is 6.92 Å². The van der Waals surface area contributed by atoms with Crippen molar-refractivity contribution >= 4 is 18.5 Å². The Bertz CT molecular complexity index is 557. The van der Waals surface area contributed by atoms with Gasteiger partial charge in [0.15, 0.2) is 6.61 Å². The maximum atomic E-state index is 12.3. The lowest BCUT2D eigenvalue weighted by Gasteiger charge is -2.22. The number of halogens is 3. The molecule has 11 heteroatoms. The first kappa shape index (κ1) is 19.1. The zero-order valence-corrected chi connectivity index (χ0v) is 13.8. The van der Waals surface area contributed by atoms with Gasteiger partial charge in [-0.25, -0.2) is 0 Å². The van der Waals surface area contributed by atoms with Gasteiger partial charge in [0, 0.05) is 17.7 Å². The molecule has 1 rings (SSSR count). The minimum Gasteiger partial charge on any atom is -0.493 e. The van der Waals surface area contributed by atoms with E-state index in [0.717, 1.165) is 6.07 Å². The number of aromatic hydroxyl groups is 1. The van der Waals surface area contributed by atoms with Gasteiger partial charge in [-0.3, -0.25) is 9.05 Å². The van der Waals surface area contributed by atoms with Gasteiger partial charge in [0.1, 0.15) is 5.82 Å². The highest BCUT2D eigenvalue weighted by atomic mass is 32.5. The molecular weight excluding hydrogens is 344 g/mol. The van der Waals surface area contributed by atoms with Gasteiger partial charge in [-0.2, -0.15) is 23.1 Å². The highest BCUT2D eigenvalue weighted by molar-refractivity contribution is 8.07. The summed E-state index contributed by atoms with van der Waals surface area (Å²) in [6.45, 7) is -0.201. The molecule has 1 N–H and O–H groups in total. The number of hydrogen-bond acceptors (Lipinski definition) is 7. The molecule has 0 amide bonds. The van der Waals surface area contributed by atoms with E-state index in [1.807, 2.05) is 0 Å². The van der Waals surface area contributed by atoms with Crippen LogP contribution in [-0.2, 0) is 20.9 Å². The van der Waals surface area contributed by atoms with Crippen molar-refractivity contribution in [3.8, 4) is 11.8 Å². The Morgan fingerprint density at radius 2 is 1.95 bits per heavy atom. The third kappa shape index (κ3) is 6.43. The Morgan fingerprint density at radius 1 is 1.32 bits per heavy atom. The Balaban J connectivity index is 2.97. The van der Waals surface area contributed by atoms with Crippen LogP contribution < -0.4 is 4.52 Å². The van der Waals surface area contributed by atoms with Gasteiger partial charge in [-0.15, -0.1) is 0 Å². The molecule has 0 aliphatic heterocycles. The van der Waals surface area contributed by atoms with Gasteiger partial charge in [0.05, 0.1) is 12.7 Å². The largest absolute Gasteiger partial charge is 0.493 e. The van der Waals surface area contributed by atoms with E-state index >= 15 is 0 Å². The molecule has 0 radical (unpaired) electrons. The molecule has 0 aliphatic carbocycles. The lowest BCUT2D eigenvalue weighted by molar-refractivity contribution is -0.155. The smallest absolute Gasteiger partial charge is 0.412 e. The lowest BCUT2D eigenvalue weighted by atomic mass is 10.2. The highest BCUT2D eigenvalue weighted by Gasteiger charge is 2.34. The summed E-state index contributed by atoms with van der Waals surface area (Å²) in [5.74, 6) is -0.461. The maximum Gasteiger partial charge on any atom is 0.412 e. The monoisotopic (exact) mass is 360 g/mol. The van der Waals surface area contributed by atoms with Crippen molar-refractivity contribution in [1.29, 1.82) is 0 Å². The molecule has 1 aromatic heterocycles. The van der Waals surface area contributed by atoms with E-state index in [0.29, 0.717) is 0 Å². The average Bonchev–Trinajstić information content (AvgIpc) is 2.35. The summed E-state index contributed by atoms with van der Waals surface area (Å²) in [4.78, 5) is 7.75. The van der Waals surface area contributed by atoms with Crippen LogP contribution in [0.4, 0.5) is 13.2 Å². The third-order valence-electron chi connectivity index (χ3n) is 2.10. The minimum absolute atomic E-state index is 0.00321. The van der Waals surface area contributed by atoms with Crippen LogP contribution in [0.25, 0.3) is 0 Å². The number of hydrogen-bond donors (Lipinski definition) is 1. The van der Waals surface area contributed by atoms with Crippen LogP contribution in [0.2, 0.25) is 0 Å². The van der Waals surface area contributed by atoms with Crippen LogP contribution in [-0.4, -0.2) is 34.5 Å². The van der Waals surface area contributed by atoms with Crippen molar-refractivity contribution in [3.63, 3.8) is 0 Å². The van der Waals surface area contributed by atoms with Crippen LogP contribution >= 0.6 is 6.72 Å². The number of nitrogens with zero attached hydrogens (tertiary/aromatic N) is 2. The van der Waals surface area contributed by atoms with Gasteiger partial charge in [0.2, 0.25) is 11.8 Å². The van der Waals surface area contributed by atoms with E-state index < -0.39 is 19.5 Å². The Morgan fingerprint density at radius 3 is 2.45 bits per heavy atom. The second kappa shape index (κ2) is 7.54. The van der Waals surface area contributed by atoms with Gasteiger partial charge >= 0.3 is 12.9 Å². The van der Waals surface area contributed by atoms with Gasteiger partial charge in [-0.1, -0.05) is 13.8 Å². The van der Waals surface area contributed by atoms with Crippen LogP contribution in [0.3, 0.4) is 0 Å². The Hall–Kier alpha value is -0.960. The molecule has 0 saturated carbocycles. The fourth-order valence-corrected chi connectivity index (χ4v) is 3.08. The van der Waals surface area contributed by atoms with Gasteiger partial charge in [0.25, 0.3) is 0 Å². The molecule has 126 valence electrons. The van der Waals surface area contributed by atoms with Crippen molar-refractivity contribution in [1.82, 2.24) is 9.97 Å². The molecule has 0 bridgehead atoms. The first-order chi connectivity index (χ1) is 10.0. The Labute approximate surface area is 130 Å². The van der Waals surface area contributed by atoms with E-state index in [-0.39, 0.29) is 30.1 Å². The molecule has 1 heterocycles. The zero-order chi connectivity index (χ0) is 17.0. The van der Waals surface area contributed by atoms with E-state index in [9.17, 15) is 18.3 Å². The molecule has 0 saturated heterocycles. The standard InChI is InChI=1S/C11H16F3N2O4PS/c1-4-18-21(22,19-6-11(12,13)14)20-9-5-8(17)15-10(16-9)7(2)3/h5,7H,4,6H2,1-3H3,(H,15,16,17). The first-order valence-electron chi connectivity index (χ1n) is 6.28. The summed E-state index contributed by atoms with van der Waals surface area (Å²) in [5, 5.41) is 9.51. The van der Waals surface area contributed by atoms with Crippen molar-refractivity contribution in [2.45, 2.75) is 32.9 Å². The van der Waals surface area contributed by atoms with Crippen LogP contribution in [0.1, 0.15) is 32.5 Å². The summed E-state index contributed by atoms with van der Waals surface area (Å²) >= 11 is 4.91. The molecule has 0 spiro atoms. The number of aromatic nitrogens is 2. The summed E-state index contributed by atoms with van der Waals surface area (Å²) in [6.07, 6.45) is -4.57. The second-order valence-electron chi connectivity index (χ2n) is 4.42. The first-order valence-corrected chi connectivity index (χ1v) is 8.83. The molecule has 22 heavy (non-hydrogen) atoms. The van der Waals surface area contributed by atoms with Crippen LogP contribution in [0, 0.1) is 0 Å². The van der Waals surface area contributed by atoms with Crippen molar-refractivity contribution in [3.05, 3.63) is 11.9 Å². The van der Waals surface area contributed by atoms with Crippen molar-refractivity contribution in [2.24, 2.45) is 0 Å². The molecule has 0 fully saturated rings. The minimum atomic E-state index is -4.57. The second-order valence-corrected chi connectivity index (χ2v) is 7.36. The fourth-order valence-electron chi connectivity index (χ4n) is 1.25. The van der Waals surface area contributed by atoms with Crippen LogP contribution in [0.15, 0.2) is 6.07 Å². The summed E-state index contributed by atoms with van der Waals surface area (Å²) in [6, 6.07) is 1.03. The summed E-state index contributed by atoms with van der Waals surface area (Å²) in [7, 11) is 0. The van der Waals surface area contributed by atoms with Crippen molar-refractivity contribution < 1.29 is 31.8 Å². The third-order valence-corrected chi connectivity index (χ3v) is 4.39. The quantitative estimate of drug-likeness (QED) is 0.746. The highest BCUT2D eigenvalue weighted by Crippen LogP contribution is 2.50. The molecule has 1 aromatic rings. The summed E-state index contributed by atoms with van der Waals surface area (Å²) < 4.78 is 51.6. The maximum absolute atomic E-state index is 12.3. The number of alkyl halides is 3. The Kier molecular flexibility index (Phi) is 6.54. The predicted octanol–water partition coefficient (Wildman–Crippen LogP) is 3.52. The van der Waals surface area contributed by atoms with E-state index in [1.54, 1.807) is 20.8 Å². The topological polar surface area (TPSA) is 73.7 Å². The van der Waals surface area contributed by atoms with E-state index in [4.69, 9.17) is 20.9 Å². The van der Waals surface area contributed by atoms with Gasteiger partial charge < -0.3 is 9.63 Å². The molecule has 0 aliphatic rings. The predicted molar refractivity (Wildman–Crippen MR) is 76.3 cm³/mol. The average molecular weight is 360 g/mol. The zero-order valence-electron chi connectivity index (χ0n) is 12.1. The summed E-state index contributed by atoms with van der Waals surface area (Å²) in [5.41, 5.74) is 0.